The Morgan fingerprint density at radius 3 is 2.23 bits per heavy atom. The first-order chi connectivity index (χ1) is 5.80. The van der Waals surface area contributed by atoms with Crippen LogP contribution >= 0.6 is 0 Å². The van der Waals surface area contributed by atoms with Gasteiger partial charge in [0.25, 0.3) is 17.0 Å². The average molecular weight is 187 g/mol. The van der Waals surface area contributed by atoms with E-state index in [-0.39, 0.29) is 0 Å². The maximum atomic E-state index is 11.6. The van der Waals surface area contributed by atoms with Gasteiger partial charge in [0.2, 0.25) is 0 Å². The van der Waals surface area contributed by atoms with Crippen LogP contribution in [0.5, 0.6) is 0 Å². The molecule has 13 heavy (non-hydrogen) atoms. The van der Waals surface area contributed by atoms with Crippen molar-refractivity contribution >= 4 is 11.4 Å². The topological polar surface area (TPSA) is 69.5 Å². The van der Waals surface area contributed by atoms with Crippen molar-refractivity contribution in [3.63, 3.8) is 0 Å². The van der Waals surface area contributed by atoms with Gasteiger partial charge in [-0.05, 0) is 0 Å². The summed E-state index contributed by atoms with van der Waals surface area (Å²) in [7, 11) is 0. The summed E-state index contributed by atoms with van der Waals surface area (Å²) in [6, 6.07) is 0. The highest BCUT2D eigenvalue weighted by Gasteiger charge is 2.51. The Morgan fingerprint density at radius 1 is 1.31 bits per heavy atom. The number of hydrogen-bond donors (Lipinski definition) is 2. The van der Waals surface area contributed by atoms with Gasteiger partial charge in [-0.2, -0.15) is 4.74 Å². The number of rotatable bonds is 0. The van der Waals surface area contributed by atoms with E-state index in [0.29, 0.717) is 11.4 Å². The standard InChI is InChI=1S/C8H15N2O3/c1-5-6(2)10(13)8(3,4)7(11)9(5)12/h7,11-12H,1-4H3/q+1/t7-/m0/s1. The predicted molar refractivity (Wildman–Crippen MR) is 47.1 cm³/mol. The summed E-state index contributed by atoms with van der Waals surface area (Å²) in [5, 5.41) is 30.6. The molecule has 0 unspecified atom stereocenters. The normalized spacial score (nSPS) is 28.2. The molecule has 0 saturated carbocycles. The Balaban J connectivity index is 3.32. The zero-order valence-electron chi connectivity index (χ0n) is 8.27. The maximum absolute atomic E-state index is 11.6. The van der Waals surface area contributed by atoms with Crippen molar-refractivity contribution in [2.75, 3.05) is 0 Å². The highest BCUT2D eigenvalue weighted by molar-refractivity contribution is 6.36. The molecule has 0 fully saturated rings. The molecule has 0 aromatic rings. The van der Waals surface area contributed by atoms with Gasteiger partial charge in [-0.3, -0.25) is 5.21 Å². The fourth-order valence-electron chi connectivity index (χ4n) is 1.33. The molecule has 1 heterocycles. The van der Waals surface area contributed by atoms with E-state index in [1.54, 1.807) is 27.7 Å². The van der Waals surface area contributed by atoms with Crippen LogP contribution in [-0.2, 0) is 0 Å². The van der Waals surface area contributed by atoms with E-state index < -0.39 is 11.8 Å². The molecule has 0 bridgehead atoms. The minimum absolute atomic E-state index is 0.377. The number of nitrogens with zero attached hydrogens (tertiary/aromatic N) is 2. The summed E-state index contributed by atoms with van der Waals surface area (Å²) < 4.78 is 1.45. The lowest BCUT2D eigenvalue weighted by atomic mass is 10.0. The smallest absolute Gasteiger partial charge is 0.368 e. The third kappa shape index (κ3) is 1.19. The molecule has 0 saturated heterocycles. The molecule has 5 nitrogen and oxygen atoms in total. The quantitative estimate of drug-likeness (QED) is 0.317. The Kier molecular flexibility index (Phi) is 2.07. The molecule has 2 N–H and O–H groups in total. The Morgan fingerprint density at radius 2 is 1.77 bits per heavy atom. The molecule has 74 valence electrons. The first kappa shape index (κ1) is 9.98. The first-order valence-corrected chi connectivity index (χ1v) is 4.11. The first-order valence-electron chi connectivity index (χ1n) is 4.11. The minimum atomic E-state index is -1.20. The van der Waals surface area contributed by atoms with E-state index >= 15 is 0 Å². The fraction of sp³-hybridized carbons (Fsp3) is 0.750. The van der Waals surface area contributed by atoms with Crippen molar-refractivity contribution in [2.45, 2.75) is 39.5 Å². The van der Waals surface area contributed by atoms with Gasteiger partial charge in [0, 0.05) is 32.4 Å². The molecular formula is C8H15N2O3+. The summed E-state index contributed by atoms with van der Waals surface area (Å²) in [6.07, 6.45) is -1.20. The highest BCUT2D eigenvalue weighted by Crippen LogP contribution is 2.18. The molecule has 0 aliphatic carbocycles. The van der Waals surface area contributed by atoms with Crippen molar-refractivity contribution in [1.29, 1.82) is 0 Å². The van der Waals surface area contributed by atoms with Crippen LogP contribution in [0.25, 0.3) is 0 Å². The average Bonchev–Trinajstić information content (AvgIpc) is 2.09. The van der Waals surface area contributed by atoms with Gasteiger partial charge in [-0.1, -0.05) is 0 Å². The summed E-state index contributed by atoms with van der Waals surface area (Å²) >= 11 is 0. The number of hydrogen-bond acceptors (Lipinski definition) is 3. The van der Waals surface area contributed by atoms with Crippen LogP contribution in [0, 0.1) is 5.21 Å². The molecule has 0 aromatic carbocycles. The van der Waals surface area contributed by atoms with Gasteiger partial charge in [0.05, 0.1) is 0 Å². The van der Waals surface area contributed by atoms with Gasteiger partial charge in [-0.15, -0.1) is 0 Å². The van der Waals surface area contributed by atoms with Crippen LogP contribution < -0.4 is 0 Å². The number of aliphatic hydroxyl groups is 1. The van der Waals surface area contributed by atoms with Crippen molar-refractivity contribution in [3.8, 4) is 0 Å². The molecule has 5 heteroatoms. The van der Waals surface area contributed by atoms with Crippen LogP contribution in [0.1, 0.15) is 27.7 Å². The van der Waals surface area contributed by atoms with E-state index in [0.717, 1.165) is 9.48 Å². The molecule has 0 radical (unpaired) electrons. The van der Waals surface area contributed by atoms with Gasteiger partial charge in [0.15, 0.2) is 0 Å². The maximum Gasteiger partial charge on any atom is 0.368 e. The molecule has 0 amide bonds. The highest BCUT2D eigenvalue weighted by atomic mass is 16.5. The van der Waals surface area contributed by atoms with Gasteiger partial charge < -0.3 is 10.3 Å². The van der Waals surface area contributed by atoms with Crippen LogP contribution in [0.15, 0.2) is 0 Å². The fourth-order valence-corrected chi connectivity index (χ4v) is 1.33. The second kappa shape index (κ2) is 2.70. The zero-order chi connectivity index (χ0) is 10.4. The van der Waals surface area contributed by atoms with E-state index in [4.69, 9.17) is 0 Å². The molecule has 1 rings (SSSR count). The monoisotopic (exact) mass is 187 g/mol. The largest absolute Gasteiger partial charge is 0.623 e. The van der Waals surface area contributed by atoms with Crippen LogP contribution in [-0.4, -0.2) is 43.0 Å². The predicted octanol–water partition coefficient (Wildman–Crippen LogP) is -0.0692. The van der Waals surface area contributed by atoms with E-state index in [9.17, 15) is 15.5 Å². The summed E-state index contributed by atoms with van der Waals surface area (Å²) in [5.41, 5.74) is -0.238. The lowest BCUT2D eigenvalue weighted by Gasteiger charge is -2.28. The summed E-state index contributed by atoms with van der Waals surface area (Å²) in [6.45, 7) is 6.34. The molecule has 0 aromatic heterocycles. The third-order valence-electron chi connectivity index (χ3n) is 2.56. The molecular weight excluding hydrogens is 172 g/mol. The van der Waals surface area contributed by atoms with Gasteiger partial charge in [-0.25, -0.2) is 0 Å². The molecule has 1 aliphatic rings. The molecule has 1 aliphatic heterocycles. The second-order valence-corrected chi connectivity index (χ2v) is 3.84. The Hall–Kier alpha value is -1.10. The SMILES string of the molecule is CC1=[N+](O)[C@@H](O)C(C)(C)[N+]([O-])=C1C. The van der Waals surface area contributed by atoms with Crippen LogP contribution in [0.4, 0.5) is 0 Å². The van der Waals surface area contributed by atoms with Gasteiger partial charge in [0.1, 0.15) is 0 Å². The molecule has 0 spiro atoms. The Labute approximate surface area is 76.8 Å². The second-order valence-electron chi connectivity index (χ2n) is 3.84. The summed E-state index contributed by atoms with van der Waals surface area (Å²) in [5.74, 6) is 0. The van der Waals surface area contributed by atoms with Crippen molar-refractivity contribution in [3.05, 3.63) is 5.21 Å². The molecule has 1 atom stereocenters. The Bertz CT molecular complexity index is 305. The van der Waals surface area contributed by atoms with Crippen molar-refractivity contribution < 1.29 is 19.8 Å². The lowest BCUT2D eigenvalue weighted by Crippen LogP contribution is -2.57. The third-order valence-corrected chi connectivity index (χ3v) is 2.56. The van der Waals surface area contributed by atoms with Crippen LogP contribution in [0.3, 0.4) is 0 Å². The van der Waals surface area contributed by atoms with E-state index in [2.05, 4.69) is 0 Å². The number of aliphatic hydroxyl groups excluding tert-OH is 1. The van der Waals surface area contributed by atoms with E-state index in [1.165, 1.54) is 0 Å². The number of hydroxylamine groups is 2. The van der Waals surface area contributed by atoms with Crippen molar-refractivity contribution in [1.82, 2.24) is 0 Å². The minimum Gasteiger partial charge on any atom is -0.623 e. The summed E-state index contributed by atoms with van der Waals surface area (Å²) in [4.78, 5) is 0. The lowest BCUT2D eigenvalue weighted by molar-refractivity contribution is -0.854. The zero-order valence-corrected chi connectivity index (χ0v) is 8.27. The van der Waals surface area contributed by atoms with Gasteiger partial charge >= 0.3 is 6.23 Å². The van der Waals surface area contributed by atoms with Crippen LogP contribution in [0.2, 0.25) is 0 Å². The van der Waals surface area contributed by atoms with Crippen molar-refractivity contribution in [2.24, 2.45) is 0 Å². The van der Waals surface area contributed by atoms with E-state index in [1.807, 2.05) is 0 Å².